The summed E-state index contributed by atoms with van der Waals surface area (Å²) in [7, 11) is 0. The fourth-order valence-corrected chi connectivity index (χ4v) is 5.48. The second-order valence-corrected chi connectivity index (χ2v) is 9.96. The number of nitrogens with one attached hydrogen (secondary N) is 2. The van der Waals surface area contributed by atoms with Gasteiger partial charge in [-0.15, -0.1) is 0 Å². The van der Waals surface area contributed by atoms with Crippen molar-refractivity contribution in [1.82, 2.24) is 0 Å². The predicted octanol–water partition coefficient (Wildman–Crippen LogP) is 10.4. The Morgan fingerprint density at radius 2 is 0.700 bits per heavy atom. The summed E-state index contributed by atoms with van der Waals surface area (Å²) < 4.78 is 12.3. The first-order valence-electron chi connectivity index (χ1n) is 13.4. The molecule has 6 aromatic rings. The van der Waals surface area contributed by atoms with Gasteiger partial charge in [-0.25, -0.2) is 0 Å². The topological polar surface area (TPSA) is 42.5 Å². The summed E-state index contributed by atoms with van der Waals surface area (Å²) in [5, 5.41) is 7.13. The molecule has 4 heteroatoms. The molecule has 2 N–H and O–H groups in total. The molecular formula is C36H24N2O2. The lowest BCUT2D eigenvalue weighted by Gasteiger charge is -2.24. The Hall–Kier alpha value is -5.48. The molecule has 2 heterocycles. The van der Waals surface area contributed by atoms with E-state index in [0.717, 1.165) is 68.0 Å². The quantitative estimate of drug-likeness (QED) is 0.245. The van der Waals surface area contributed by atoms with Crippen LogP contribution >= 0.6 is 0 Å². The van der Waals surface area contributed by atoms with Gasteiger partial charge in [-0.05, 0) is 58.7 Å². The van der Waals surface area contributed by atoms with Crippen molar-refractivity contribution in [1.29, 1.82) is 0 Å². The molecule has 0 aromatic heterocycles. The van der Waals surface area contributed by atoms with Gasteiger partial charge in [0.2, 0.25) is 0 Å². The van der Waals surface area contributed by atoms with Crippen molar-refractivity contribution in [3.63, 3.8) is 0 Å². The minimum absolute atomic E-state index is 0.836. The maximum absolute atomic E-state index is 6.16. The highest BCUT2D eigenvalue weighted by Crippen LogP contribution is 2.48. The Kier molecular flexibility index (Phi) is 5.10. The first-order chi connectivity index (χ1) is 19.8. The van der Waals surface area contributed by atoms with Crippen molar-refractivity contribution in [3.8, 4) is 56.4 Å². The van der Waals surface area contributed by atoms with E-state index in [0.29, 0.717) is 0 Å². The molecule has 190 valence electrons. The molecule has 2 aliphatic rings. The van der Waals surface area contributed by atoms with E-state index in [9.17, 15) is 0 Å². The van der Waals surface area contributed by atoms with Gasteiger partial charge in [0.05, 0.1) is 22.7 Å². The van der Waals surface area contributed by atoms with Crippen LogP contribution in [-0.2, 0) is 0 Å². The molecular weight excluding hydrogens is 492 g/mol. The normalized spacial score (nSPS) is 12.3. The lowest BCUT2D eigenvalue weighted by Crippen LogP contribution is -2.04. The third kappa shape index (κ3) is 3.77. The molecule has 0 radical (unpaired) electrons. The molecule has 0 spiro atoms. The fourth-order valence-electron chi connectivity index (χ4n) is 5.48. The Morgan fingerprint density at radius 3 is 1.15 bits per heavy atom. The summed E-state index contributed by atoms with van der Waals surface area (Å²) in [4.78, 5) is 0. The Balaban J connectivity index is 1.07. The molecule has 0 amide bonds. The summed E-state index contributed by atoms with van der Waals surface area (Å²) >= 11 is 0. The fraction of sp³-hybridized carbons (Fsp3) is 0. The van der Waals surface area contributed by atoms with Gasteiger partial charge in [0.1, 0.15) is 0 Å². The van der Waals surface area contributed by atoms with Gasteiger partial charge in [0, 0.05) is 11.1 Å². The number of rotatable bonds is 3. The van der Waals surface area contributed by atoms with Crippen molar-refractivity contribution in [2.24, 2.45) is 0 Å². The predicted molar refractivity (Wildman–Crippen MR) is 162 cm³/mol. The lowest BCUT2D eigenvalue weighted by molar-refractivity contribution is 0.481. The molecule has 0 fully saturated rings. The minimum atomic E-state index is 0.836. The Labute approximate surface area is 232 Å². The Bertz CT molecular complexity index is 1750. The number of anilines is 4. The first-order valence-corrected chi connectivity index (χ1v) is 13.4. The maximum Gasteiger partial charge on any atom is 0.151 e. The maximum atomic E-state index is 6.16. The molecule has 40 heavy (non-hydrogen) atoms. The van der Waals surface area contributed by atoms with Crippen LogP contribution in [-0.4, -0.2) is 0 Å². The Morgan fingerprint density at radius 1 is 0.325 bits per heavy atom. The van der Waals surface area contributed by atoms with E-state index in [-0.39, 0.29) is 0 Å². The summed E-state index contributed by atoms with van der Waals surface area (Å²) in [6.07, 6.45) is 0. The highest BCUT2D eigenvalue weighted by Gasteiger charge is 2.21. The first kappa shape index (κ1) is 22.5. The molecule has 0 saturated heterocycles. The van der Waals surface area contributed by atoms with Gasteiger partial charge in [0.15, 0.2) is 23.0 Å². The largest absolute Gasteiger partial charge is 0.453 e. The molecule has 0 aliphatic carbocycles. The van der Waals surface area contributed by atoms with Crippen molar-refractivity contribution in [3.05, 3.63) is 133 Å². The van der Waals surface area contributed by atoms with E-state index in [2.05, 4.69) is 71.3 Å². The van der Waals surface area contributed by atoms with Crippen molar-refractivity contribution in [2.45, 2.75) is 0 Å². The van der Waals surface area contributed by atoms with Gasteiger partial charge < -0.3 is 20.1 Å². The summed E-state index contributed by atoms with van der Waals surface area (Å²) in [6.45, 7) is 0. The van der Waals surface area contributed by atoms with E-state index >= 15 is 0 Å². The van der Waals surface area contributed by atoms with Crippen molar-refractivity contribution >= 4 is 22.7 Å². The van der Waals surface area contributed by atoms with Gasteiger partial charge in [-0.1, -0.05) is 97.1 Å². The van der Waals surface area contributed by atoms with E-state index in [4.69, 9.17) is 9.47 Å². The standard InChI is InChI=1S/C36H24N2O2/c1-3-11-31-29(9-1)37-35-27(7-5-13-33(35)39-31)25-19-15-23(16-20-25)24-17-21-26(22-18-24)28-8-6-14-34-36(28)38-30-10-2-4-12-32(30)40-34/h1-22,37-38H. The minimum Gasteiger partial charge on any atom is -0.453 e. The van der Waals surface area contributed by atoms with E-state index in [1.54, 1.807) is 0 Å². The van der Waals surface area contributed by atoms with E-state index < -0.39 is 0 Å². The zero-order valence-electron chi connectivity index (χ0n) is 21.5. The molecule has 0 atom stereocenters. The van der Waals surface area contributed by atoms with E-state index in [1.165, 1.54) is 11.1 Å². The summed E-state index contributed by atoms with van der Waals surface area (Å²) in [5.74, 6) is 3.36. The van der Waals surface area contributed by atoms with Crippen LogP contribution in [0.2, 0.25) is 0 Å². The smallest absolute Gasteiger partial charge is 0.151 e. The van der Waals surface area contributed by atoms with Gasteiger partial charge in [0.25, 0.3) is 0 Å². The van der Waals surface area contributed by atoms with Gasteiger partial charge in [-0.2, -0.15) is 0 Å². The third-order valence-corrected chi connectivity index (χ3v) is 7.51. The number of ether oxygens (including phenoxy) is 2. The second-order valence-electron chi connectivity index (χ2n) is 9.96. The van der Waals surface area contributed by atoms with Gasteiger partial charge in [-0.3, -0.25) is 0 Å². The third-order valence-electron chi connectivity index (χ3n) is 7.51. The highest BCUT2D eigenvalue weighted by molar-refractivity contribution is 5.90. The lowest BCUT2D eigenvalue weighted by atomic mass is 9.96. The number of hydrogen-bond donors (Lipinski definition) is 2. The van der Waals surface area contributed by atoms with Crippen LogP contribution in [0, 0.1) is 0 Å². The van der Waals surface area contributed by atoms with Crippen molar-refractivity contribution in [2.75, 3.05) is 10.6 Å². The molecule has 8 rings (SSSR count). The molecule has 2 aliphatic heterocycles. The zero-order chi connectivity index (χ0) is 26.5. The summed E-state index contributed by atoms with van der Waals surface area (Å²) in [6, 6.07) is 45.8. The molecule has 4 nitrogen and oxygen atoms in total. The van der Waals surface area contributed by atoms with Crippen LogP contribution in [0.25, 0.3) is 33.4 Å². The number of fused-ring (bicyclic) bond motifs is 4. The van der Waals surface area contributed by atoms with Crippen LogP contribution in [0.15, 0.2) is 133 Å². The van der Waals surface area contributed by atoms with E-state index in [1.807, 2.05) is 72.8 Å². The average Bonchev–Trinajstić information content (AvgIpc) is 3.02. The SMILES string of the molecule is c1ccc2c(c1)Nc1c(cccc1-c1ccc(-c3ccc(-c4cccc5c4Nc4ccccc4O5)cc3)cc1)O2. The number of para-hydroxylation sites is 6. The molecule has 0 unspecified atom stereocenters. The van der Waals surface area contributed by atoms with Crippen LogP contribution in [0.3, 0.4) is 0 Å². The van der Waals surface area contributed by atoms with Crippen LogP contribution in [0.4, 0.5) is 22.7 Å². The average molecular weight is 517 g/mol. The van der Waals surface area contributed by atoms with Crippen LogP contribution in [0.5, 0.6) is 23.0 Å². The van der Waals surface area contributed by atoms with Crippen LogP contribution < -0.4 is 20.1 Å². The monoisotopic (exact) mass is 516 g/mol. The van der Waals surface area contributed by atoms with Crippen LogP contribution in [0.1, 0.15) is 0 Å². The zero-order valence-corrected chi connectivity index (χ0v) is 21.5. The highest BCUT2D eigenvalue weighted by atomic mass is 16.5. The van der Waals surface area contributed by atoms with Gasteiger partial charge >= 0.3 is 0 Å². The summed E-state index contributed by atoms with van der Waals surface area (Å²) in [5.41, 5.74) is 10.8. The number of benzene rings is 6. The molecule has 6 aromatic carbocycles. The molecule has 0 saturated carbocycles. The number of hydrogen-bond acceptors (Lipinski definition) is 4. The molecule has 0 bridgehead atoms. The second kappa shape index (κ2) is 9.07. The van der Waals surface area contributed by atoms with Crippen molar-refractivity contribution < 1.29 is 9.47 Å².